The van der Waals surface area contributed by atoms with E-state index in [-0.39, 0.29) is 49.4 Å². The number of hydrogen-bond acceptors (Lipinski definition) is 4. The van der Waals surface area contributed by atoms with Crippen molar-refractivity contribution < 1.29 is 24.2 Å². The molecule has 0 saturated heterocycles. The molecule has 0 radical (unpaired) electrons. The average molecular weight is 449 g/mol. The minimum absolute atomic E-state index is 0.0166. The van der Waals surface area contributed by atoms with Gasteiger partial charge in [-0.2, -0.15) is 0 Å². The fourth-order valence-electron chi connectivity index (χ4n) is 4.88. The van der Waals surface area contributed by atoms with Gasteiger partial charge in [0.15, 0.2) is 0 Å². The van der Waals surface area contributed by atoms with Crippen LogP contribution in [0.4, 0.5) is 4.79 Å². The third-order valence-electron chi connectivity index (χ3n) is 6.85. The van der Waals surface area contributed by atoms with Crippen LogP contribution in [0.2, 0.25) is 0 Å². The molecule has 1 atom stereocenters. The van der Waals surface area contributed by atoms with Gasteiger partial charge in [-0.3, -0.25) is 9.59 Å². The van der Waals surface area contributed by atoms with E-state index >= 15 is 0 Å². The lowest BCUT2D eigenvalue weighted by Crippen LogP contribution is -2.44. The Morgan fingerprint density at radius 2 is 1.58 bits per heavy atom. The lowest BCUT2D eigenvalue weighted by atomic mass is 9.98. The maximum atomic E-state index is 12.8. The molecule has 5 rings (SSSR count). The number of hydrogen-bond donors (Lipinski definition) is 2. The maximum Gasteiger partial charge on any atom is 0.407 e. The highest BCUT2D eigenvalue weighted by atomic mass is 16.5. The van der Waals surface area contributed by atoms with Gasteiger partial charge in [-0.25, -0.2) is 4.79 Å². The quantitative estimate of drug-likeness (QED) is 0.609. The summed E-state index contributed by atoms with van der Waals surface area (Å²) in [4.78, 5) is 38.1. The first-order valence-electron chi connectivity index (χ1n) is 11.6. The van der Waals surface area contributed by atoms with Gasteiger partial charge < -0.3 is 20.1 Å². The molecule has 0 aliphatic heterocycles. The second-order valence-corrected chi connectivity index (χ2v) is 9.26. The van der Waals surface area contributed by atoms with Gasteiger partial charge in [0.25, 0.3) is 0 Å². The molecule has 7 nitrogen and oxygen atoms in total. The van der Waals surface area contributed by atoms with Crippen LogP contribution in [0.15, 0.2) is 48.5 Å². The third kappa shape index (κ3) is 4.72. The first-order chi connectivity index (χ1) is 16.0. The summed E-state index contributed by atoms with van der Waals surface area (Å²) in [6.07, 6.45) is 3.16. The number of amides is 2. The van der Waals surface area contributed by atoms with E-state index in [0.717, 1.165) is 36.8 Å². The first kappa shape index (κ1) is 21.5. The average Bonchev–Trinajstić information content (AvgIpc) is 3.72. The molecule has 3 aliphatic rings. The van der Waals surface area contributed by atoms with Crippen molar-refractivity contribution in [3.8, 4) is 11.1 Å². The molecular formula is C26H28N2O5. The summed E-state index contributed by atoms with van der Waals surface area (Å²) in [5.74, 6) is -1.01. The summed E-state index contributed by atoms with van der Waals surface area (Å²) in [6, 6.07) is 16.0. The first-order valence-corrected chi connectivity index (χ1v) is 11.6. The Kier molecular flexibility index (Phi) is 5.79. The Morgan fingerprint density at radius 1 is 0.970 bits per heavy atom. The summed E-state index contributed by atoms with van der Waals surface area (Å²) < 4.78 is 5.65. The highest BCUT2D eigenvalue weighted by Crippen LogP contribution is 2.44. The Balaban J connectivity index is 1.21. The lowest BCUT2D eigenvalue weighted by Gasteiger charge is -2.24. The molecule has 33 heavy (non-hydrogen) atoms. The van der Waals surface area contributed by atoms with Crippen LogP contribution in [0.5, 0.6) is 0 Å². The summed E-state index contributed by atoms with van der Waals surface area (Å²) >= 11 is 0. The number of rotatable bonds is 9. The molecule has 0 bridgehead atoms. The zero-order chi connectivity index (χ0) is 22.9. The topological polar surface area (TPSA) is 95.9 Å². The molecule has 2 fully saturated rings. The van der Waals surface area contributed by atoms with Crippen molar-refractivity contribution >= 4 is 18.0 Å². The van der Waals surface area contributed by atoms with E-state index in [1.165, 1.54) is 16.0 Å². The highest BCUT2D eigenvalue weighted by molar-refractivity contribution is 5.83. The number of benzene rings is 2. The van der Waals surface area contributed by atoms with E-state index in [4.69, 9.17) is 9.84 Å². The van der Waals surface area contributed by atoms with Gasteiger partial charge in [0.2, 0.25) is 5.91 Å². The number of carbonyl (C=O) groups is 3. The number of carboxylic acid groups (broad SMARTS) is 1. The number of nitrogens with one attached hydrogen (secondary N) is 1. The largest absolute Gasteiger partial charge is 0.480 e. The normalized spacial score (nSPS) is 17.6. The van der Waals surface area contributed by atoms with Crippen LogP contribution in [0, 0.1) is 5.92 Å². The molecule has 2 aromatic carbocycles. The number of alkyl carbamates (subject to hydrolysis) is 1. The number of fused-ring (bicyclic) bond motifs is 3. The minimum atomic E-state index is -1.01. The van der Waals surface area contributed by atoms with Crippen molar-refractivity contribution in [2.45, 2.75) is 50.1 Å². The molecule has 3 aliphatic carbocycles. The Morgan fingerprint density at radius 3 is 2.12 bits per heavy atom. The molecule has 1 unspecified atom stereocenters. The second kappa shape index (κ2) is 8.89. The smallest absolute Gasteiger partial charge is 0.407 e. The van der Waals surface area contributed by atoms with E-state index < -0.39 is 12.1 Å². The lowest BCUT2D eigenvalue weighted by molar-refractivity contribution is -0.145. The van der Waals surface area contributed by atoms with E-state index in [2.05, 4.69) is 29.6 Å². The molecule has 0 aromatic heterocycles. The van der Waals surface area contributed by atoms with Gasteiger partial charge in [0, 0.05) is 24.4 Å². The third-order valence-corrected chi connectivity index (χ3v) is 6.85. The van der Waals surface area contributed by atoms with E-state index in [1.807, 2.05) is 24.3 Å². The van der Waals surface area contributed by atoms with Crippen LogP contribution >= 0.6 is 0 Å². The number of aliphatic carboxylic acids is 1. The van der Waals surface area contributed by atoms with Gasteiger partial charge in [0.1, 0.15) is 13.2 Å². The predicted molar refractivity (Wildman–Crippen MR) is 122 cm³/mol. The van der Waals surface area contributed by atoms with Gasteiger partial charge in [-0.05, 0) is 53.9 Å². The molecule has 2 aromatic rings. The highest BCUT2D eigenvalue weighted by Gasteiger charge is 2.39. The maximum absolute atomic E-state index is 12.8. The van der Waals surface area contributed by atoms with Crippen molar-refractivity contribution in [1.29, 1.82) is 0 Å². The van der Waals surface area contributed by atoms with Crippen LogP contribution in [0.1, 0.15) is 49.1 Å². The van der Waals surface area contributed by atoms with Crippen LogP contribution in [0.25, 0.3) is 11.1 Å². The Hall–Kier alpha value is -3.35. The minimum Gasteiger partial charge on any atom is -0.480 e. The molecule has 0 spiro atoms. The summed E-state index contributed by atoms with van der Waals surface area (Å²) in [6.45, 7) is -0.0652. The number of nitrogens with zero attached hydrogens (tertiary/aromatic N) is 1. The zero-order valence-electron chi connectivity index (χ0n) is 18.4. The Bertz CT molecular complexity index is 1030. The van der Waals surface area contributed by atoms with E-state index in [0.29, 0.717) is 0 Å². The fraction of sp³-hybridized carbons (Fsp3) is 0.423. The zero-order valence-corrected chi connectivity index (χ0v) is 18.4. The second-order valence-electron chi connectivity index (χ2n) is 9.26. The van der Waals surface area contributed by atoms with E-state index in [9.17, 15) is 14.4 Å². The van der Waals surface area contributed by atoms with Crippen LogP contribution in [-0.4, -0.2) is 53.2 Å². The molecule has 172 valence electrons. The van der Waals surface area contributed by atoms with Gasteiger partial charge in [-0.1, -0.05) is 48.5 Å². The molecule has 2 amide bonds. The number of carbonyl (C=O) groups excluding carboxylic acids is 2. The molecule has 7 heteroatoms. The van der Waals surface area contributed by atoms with Gasteiger partial charge in [0.05, 0.1) is 0 Å². The summed E-state index contributed by atoms with van der Waals surface area (Å²) in [7, 11) is 0. The van der Waals surface area contributed by atoms with Crippen molar-refractivity contribution in [3.05, 3.63) is 59.7 Å². The van der Waals surface area contributed by atoms with Crippen molar-refractivity contribution in [2.75, 3.05) is 13.2 Å². The van der Waals surface area contributed by atoms with Gasteiger partial charge in [-0.15, -0.1) is 0 Å². The number of ether oxygens (including phenoxy) is 1. The van der Waals surface area contributed by atoms with E-state index in [1.54, 1.807) is 0 Å². The molecular weight excluding hydrogens is 420 g/mol. The van der Waals surface area contributed by atoms with Gasteiger partial charge >= 0.3 is 12.1 Å². The van der Waals surface area contributed by atoms with Crippen molar-refractivity contribution in [2.24, 2.45) is 5.92 Å². The molecule has 2 saturated carbocycles. The monoisotopic (exact) mass is 448 g/mol. The van der Waals surface area contributed by atoms with Crippen molar-refractivity contribution in [3.63, 3.8) is 0 Å². The van der Waals surface area contributed by atoms with Crippen molar-refractivity contribution in [1.82, 2.24) is 10.2 Å². The fourth-order valence-corrected chi connectivity index (χ4v) is 4.88. The summed E-state index contributed by atoms with van der Waals surface area (Å²) in [5, 5.41) is 12.0. The molecule has 2 N–H and O–H groups in total. The SMILES string of the molecule is O=C(O)CN(C(=O)CC(NC(=O)OCC1c2ccccc2-c2ccccc21)C1CC1)C1CC1. The number of carboxylic acids is 1. The molecule has 0 heterocycles. The van der Waals surface area contributed by atoms with Crippen LogP contribution in [-0.2, 0) is 14.3 Å². The van der Waals surface area contributed by atoms with Crippen LogP contribution < -0.4 is 5.32 Å². The summed E-state index contributed by atoms with van der Waals surface area (Å²) in [5.41, 5.74) is 4.63. The predicted octanol–water partition coefficient (Wildman–Crippen LogP) is 3.77. The Labute approximate surface area is 192 Å². The standard InChI is InChI=1S/C26H28N2O5/c29-24(28(14-25(30)31)17-11-12-17)13-23(16-9-10-16)27-26(32)33-15-22-20-7-3-1-5-18(20)19-6-2-4-8-21(19)22/h1-8,16-17,22-23H,9-15H2,(H,27,32)(H,30,31). The van der Waals surface area contributed by atoms with Crippen LogP contribution in [0.3, 0.4) is 0 Å².